The molecule has 21 heavy (non-hydrogen) atoms. The summed E-state index contributed by atoms with van der Waals surface area (Å²) in [5, 5.41) is 15.8. The number of carboxylic acids is 1. The van der Waals surface area contributed by atoms with Crippen molar-refractivity contribution < 1.29 is 19.2 Å². The van der Waals surface area contributed by atoms with Crippen LogP contribution in [0.3, 0.4) is 0 Å². The fourth-order valence-corrected chi connectivity index (χ4v) is 3.02. The van der Waals surface area contributed by atoms with Gasteiger partial charge in [0.25, 0.3) is 0 Å². The Morgan fingerprint density at radius 2 is 1.95 bits per heavy atom. The molecular formula is C14H22N2O4S. The highest BCUT2D eigenvalue weighted by atomic mass is 32.2. The minimum atomic E-state index is -1.17. The average molecular weight is 314 g/mol. The normalized spacial score (nSPS) is 11.4. The molecule has 0 saturated carbocycles. The fraction of sp³-hybridized carbons (Fsp3) is 0.643. The Morgan fingerprint density at radius 3 is 2.38 bits per heavy atom. The summed E-state index contributed by atoms with van der Waals surface area (Å²) in [7, 11) is 0. The predicted octanol–water partition coefficient (Wildman–Crippen LogP) is 2.28. The van der Waals surface area contributed by atoms with E-state index in [1.165, 1.54) is 11.8 Å². The SMILES string of the molecule is CCC(CC)(NC(=O)CSCc1c(C)noc1C)C(=O)O. The molecule has 1 rings (SSSR count). The summed E-state index contributed by atoms with van der Waals surface area (Å²) < 4.78 is 5.06. The van der Waals surface area contributed by atoms with Crippen molar-refractivity contribution in [3.05, 3.63) is 17.0 Å². The Labute approximate surface area is 128 Å². The van der Waals surface area contributed by atoms with Crippen molar-refractivity contribution in [2.45, 2.75) is 51.8 Å². The van der Waals surface area contributed by atoms with Crippen LogP contribution in [-0.4, -0.2) is 33.4 Å². The Kier molecular flexibility index (Phi) is 6.26. The van der Waals surface area contributed by atoms with Crippen molar-refractivity contribution in [3.63, 3.8) is 0 Å². The van der Waals surface area contributed by atoms with E-state index in [2.05, 4.69) is 10.5 Å². The summed E-state index contributed by atoms with van der Waals surface area (Å²) in [4.78, 5) is 23.3. The van der Waals surface area contributed by atoms with Crippen molar-refractivity contribution in [1.82, 2.24) is 10.5 Å². The molecule has 0 fully saturated rings. The number of nitrogens with one attached hydrogen (secondary N) is 1. The van der Waals surface area contributed by atoms with Crippen LogP contribution in [0.4, 0.5) is 0 Å². The van der Waals surface area contributed by atoms with Gasteiger partial charge in [-0.1, -0.05) is 19.0 Å². The zero-order valence-electron chi connectivity index (χ0n) is 12.9. The van der Waals surface area contributed by atoms with E-state index in [0.717, 1.165) is 17.0 Å². The largest absolute Gasteiger partial charge is 0.480 e. The predicted molar refractivity (Wildman–Crippen MR) is 81.2 cm³/mol. The van der Waals surface area contributed by atoms with Gasteiger partial charge >= 0.3 is 5.97 Å². The summed E-state index contributed by atoms with van der Waals surface area (Å²) in [6.45, 7) is 7.21. The van der Waals surface area contributed by atoms with Crippen molar-refractivity contribution in [2.75, 3.05) is 5.75 Å². The number of nitrogens with zero attached hydrogens (tertiary/aromatic N) is 1. The molecule has 118 valence electrons. The lowest BCUT2D eigenvalue weighted by Gasteiger charge is -2.27. The van der Waals surface area contributed by atoms with Crippen molar-refractivity contribution >= 4 is 23.6 Å². The van der Waals surface area contributed by atoms with Gasteiger partial charge in [-0.25, -0.2) is 4.79 Å². The van der Waals surface area contributed by atoms with Gasteiger partial charge in [0, 0.05) is 11.3 Å². The quantitative estimate of drug-likeness (QED) is 0.765. The second kappa shape index (κ2) is 7.49. The highest BCUT2D eigenvalue weighted by Gasteiger charge is 2.36. The first-order valence-corrected chi connectivity index (χ1v) is 8.05. The Bertz CT molecular complexity index is 490. The molecule has 1 aromatic heterocycles. The van der Waals surface area contributed by atoms with Gasteiger partial charge in [0.1, 0.15) is 11.3 Å². The van der Waals surface area contributed by atoms with E-state index in [1.807, 2.05) is 13.8 Å². The lowest BCUT2D eigenvalue weighted by atomic mass is 9.93. The number of aliphatic carboxylic acids is 1. The molecule has 0 spiro atoms. The molecule has 2 N–H and O–H groups in total. The van der Waals surface area contributed by atoms with E-state index in [1.54, 1.807) is 13.8 Å². The zero-order valence-corrected chi connectivity index (χ0v) is 13.7. The molecule has 0 aromatic carbocycles. The Morgan fingerprint density at radius 1 is 1.33 bits per heavy atom. The van der Waals surface area contributed by atoms with Gasteiger partial charge in [-0.3, -0.25) is 4.79 Å². The van der Waals surface area contributed by atoms with Crippen LogP contribution in [0.15, 0.2) is 4.52 Å². The third-order valence-corrected chi connectivity index (χ3v) is 4.62. The third-order valence-electron chi connectivity index (χ3n) is 3.66. The van der Waals surface area contributed by atoms with E-state index in [-0.39, 0.29) is 11.7 Å². The first kappa shape index (κ1) is 17.6. The first-order chi connectivity index (χ1) is 9.86. The number of amides is 1. The second-order valence-corrected chi connectivity index (χ2v) is 5.92. The van der Waals surface area contributed by atoms with Gasteiger partial charge in [0.2, 0.25) is 5.91 Å². The average Bonchev–Trinajstić information content (AvgIpc) is 2.76. The van der Waals surface area contributed by atoms with Crippen molar-refractivity contribution in [1.29, 1.82) is 0 Å². The van der Waals surface area contributed by atoms with Crippen LogP contribution < -0.4 is 5.32 Å². The maximum absolute atomic E-state index is 11.9. The minimum Gasteiger partial charge on any atom is -0.480 e. The van der Waals surface area contributed by atoms with E-state index in [0.29, 0.717) is 18.6 Å². The lowest BCUT2D eigenvalue weighted by Crippen LogP contribution is -2.54. The van der Waals surface area contributed by atoms with Crippen molar-refractivity contribution in [2.24, 2.45) is 0 Å². The molecule has 0 aliphatic rings. The zero-order chi connectivity index (χ0) is 16.0. The van der Waals surface area contributed by atoms with Crippen LogP contribution in [0.2, 0.25) is 0 Å². The molecule has 1 aromatic rings. The maximum atomic E-state index is 11.9. The smallest absolute Gasteiger partial charge is 0.329 e. The molecule has 0 bridgehead atoms. The molecular weight excluding hydrogens is 292 g/mol. The summed E-state index contributed by atoms with van der Waals surface area (Å²) in [5.41, 5.74) is 0.645. The molecule has 0 aliphatic carbocycles. The van der Waals surface area contributed by atoms with E-state index in [9.17, 15) is 14.7 Å². The molecule has 7 heteroatoms. The number of hydrogen-bond donors (Lipinski definition) is 2. The molecule has 6 nitrogen and oxygen atoms in total. The number of carbonyl (C=O) groups is 2. The van der Waals surface area contributed by atoms with Crippen LogP contribution in [0, 0.1) is 13.8 Å². The van der Waals surface area contributed by atoms with E-state index >= 15 is 0 Å². The van der Waals surface area contributed by atoms with Gasteiger partial charge < -0.3 is 14.9 Å². The van der Waals surface area contributed by atoms with Crippen LogP contribution in [0.25, 0.3) is 0 Å². The van der Waals surface area contributed by atoms with Crippen LogP contribution >= 0.6 is 11.8 Å². The molecule has 0 saturated heterocycles. The summed E-state index contributed by atoms with van der Waals surface area (Å²) in [6, 6.07) is 0. The molecule has 1 heterocycles. The number of rotatable bonds is 8. The molecule has 0 radical (unpaired) electrons. The molecule has 1 amide bonds. The maximum Gasteiger partial charge on any atom is 0.329 e. The van der Waals surface area contributed by atoms with Gasteiger partial charge in [0.05, 0.1) is 11.4 Å². The van der Waals surface area contributed by atoms with Gasteiger partial charge in [-0.05, 0) is 26.7 Å². The number of aryl methyl sites for hydroxylation is 2. The number of carbonyl (C=O) groups excluding carboxylic acids is 1. The van der Waals surface area contributed by atoms with Crippen LogP contribution in [0.1, 0.15) is 43.7 Å². The summed E-state index contributed by atoms with van der Waals surface area (Å²) in [5.74, 6) is 0.322. The number of carboxylic acid groups (broad SMARTS) is 1. The van der Waals surface area contributed by atoms with Crippen molar-refractivity contribution in [3.8, 4) is 0 Å². The minimum absolute atomic E-state index is 0.207. The molecule has 0 aliphatic heterocycles. The van der Waals surface area contributed by atoms with E-state index in [4.69, 9.17) is 4.52 Å². The van der Waals surface area contributed by atoms with Gasteiger partial charge in [-0.15, -0.1) is 11.8 Å². The van der Waals surface area contributed by atoms with Crippen LogP contribution in [-0.2, 0) is 15.3 Å². The fourth-order valence-electron chi connectivity index (χ4n) is 2.04. The summed E-state index contributed by atoms with van der Waals surface area (Å²) in [6.07, 6.45) is 0.720. The highest BCUT2D eigenvalue weighted by molar-refractivity contribution is 7.99. The Balaban J connectivity index is 2.53. The van der Waals surface area contributed by atoms with E-state index < -0.39 is 11.5 Å². The number of thioether (sulfide) groups is 1. The Hall–Kier alpha value is -1.50. The van der Waals surface area contributed by atoms with Gasteiger partial charge in [0.15, 0.2) is 0 Å². The van der Waals surface area contributed by atoms with Crippen LogP contribution in [0.5, 0.6) is 0 Å². The first-order valence-electron chi connectivity index (χ1n) is 6.90. The van der Waals surface area contributed by atoms with Gasteiger partial charge in [-0.2, -0.15) is 0 Å². The summed E-state index contributed by atoms with van der Waals surface area (Å²) >= 11 is 1.42. The number of aromatic nitrogens is 1. The second-order valence-electron chi connectivity index (χ2n) is 4.94. The highest BCUT2D eigenvalue weighted by Crippen LogP contribution is 2.20. The molecule has 0 atom stereocenters. The topological polar surface area (TPSA) is 92.4 Å². The third kappa shape index (κ3) is 4.23. The lowest BCUT2D eigenvalue weighted by molar-refractivity contribution is -0.147. The number of hydrogen-bond acceptors (Lipinski definition) is 5. The standard InChI is InChI=1S/C14H22N2O4S/c1-5-14(6-2,13(18)19)15-12(17)8-21-7-11-9(3)16-20-10(11)4/h5-8H2,1-4H3,(H,15,17)(H,18,19). The molecule has 0 unspecified atom stereocenters. The monoisotopic (exact) mass is 314 g/mol.